The molecule has 1 N–H and O–H groups in total. The van der Waals surface area contributed by atoms with Crippen LogP contribution < -0.4 is 5.32 Å². The lowest BCUT2D eigenvalue weighted by atomic mass is 10.2. The fourth-order valence-corrected chi connectivity index (χ4v) is 2.55. The Bertz CT molecular complexity index is 554. The minimum atomic E-state index is -0.0190. The lowest BCUT2D eigenvalue weighted by molar-refractivity contribution is -0.122. The van der Waals surface area contributed by atoms with Crippen molar-refractivity contribution < 1.29 is 9.59 Å². The van der Waals surface area contributed by atoms with E-state index in [1.165, 1.54) is 0 Å². The largest absolute Gasteiger partial charge is 0.352 e. The maximum absolute atomic E-state index is 12.4. The molecule has 0 unspecified atom stereocenters. The zero-order valence-electron chi connectivity index (χ0n) is 12.4. The summed E-state index contributed by atoms with van der Waals surface area (Å²) in [6, 6.07) is 6.97. The maximum Gasteiger partial charge on any atom is 0.253 e. The van der Waals surface area contributed by atoms with E-state index in [-0.39, 0.29) is 11.8 Å². The third kappa shape index (κ3) is 4.58. The normalized spacial score (nSPS) is 15.4. The number of rotatable bonds is 5. The summed E-state index contributed by atoms with van der Waals surface area (Å²) >= 11 is 5.92. The number of carbonyl (C=O) groups excluding carboxylic acids is 2. The molecule has 2 rings (SSSR count). The summed E-state index contributed by atoms with van der Waals surface area (Å²) in [5, 5.41) is 3.31. The first kappa shape index (κ1) is 16.5. The first-order chi connectivity index (χ1) is 10.6. The molecule has 5 nitrogen and oxygen atoms in total. The fraction of sp³-hybridized carbons (Fsp3) is 0.375. The lowest BCUT2D eigenvalue weighted by Crippen LogP contribution is -2.51. The number of piperazine rings is 1. The van der Waals surface area contributed by atoms with E-state index >= 15 is 0 Å². The fourth-order valence-electron chi connectivity index (χ4n) is 2.36. The molecule has 0 radical (unpaired) electrons. The highest BCUT2D eigenvalue weighted by Crippen LogP contribution is 2.14. The third-order valence-electron chi connectivity index (χ3n) is 3.54. The van der Waals surface area contributed by atoms with E-state index in [2.05, 4.69) is 11.9 Å². The summed E-state index contributed by atoms with van der Waals surface area (Å²) in [5.41, 5.74) is 0.602. The number of nitrogens with one attached hydrogen (secondary N) is 1. The van der Waals surface area contributed by atoms with E-state index in [0.717, 1.165) is 0 Å². The van der Waals surface area contributed by atoms with E-state index in [4.69, 9.17) is 11.6 Å². The average Bonchev–Trinajstić information content (AvgIpc) is 2.53. The minimum Gasteiger partial charge on any atom is -0.352 e. The standard InChI is InChI=1S/C16H20ClN3O2/c1-2-6-18-15(21)12-19-7-9-20(10-8-19)16(22)13-4-3-5-14(17)11-13/h2-5,11H,1,6-10,12H2,(H,18,21). The number of hydrogen-bond donors (Lipinski definition) is 1. The first-order valence-electron chi connectivity index (χ1n) is 7.25. The van der Waals surface area contributed by atoms with Crippen molar-refractivity contribution in [2.24, 2.45) is 0 Å². The summed E-state index contributed by atoms with van der Waals surface area (Å²) in [4.78, 5) is 27.9. The maximum atomic E-state index is 12.4. The molecule has 1 aromatic rings. The van der Waals surface area contributed by atoms with Gasteiger partial charge in [0.05, 0.1) is 6.54 Å². The van der Waals surface area contributed by atoms with Gasteiger partial charge in [-0.05, 0) is 18.2 Å². The van der Waals surface area contributed by atoms with Gasteiger partial charge in [0.15, 0.2) is 0 Å². The Morgan fingerprint density at radius 2 is 2.00 bits per heavy atom. The monoisotopic (exact) mass is 321 g/mol. The van der Waals surface area contributed by atoms with Gasteiger partial charge in [-0.1, -0.05) is 23.7 Å². The van der Waals surface area contributed by atoms with Gasteiger partial charge in [-0.25, -0.2) is 0 Å². The van der Waals surface area contributed by atoms with E-state index < -0.39 is 0 Å². The molecule has 0 aliphatic carbocycles. The molecule has 0 saturated carbocycles. The zero-order valence-corrected chi connectivity index (χ0v) is 13.2. The Hall–Kier alpha value is -1.85. The quantitative estimate of drug-likeness (QED) is 0.834. The Morgan fingerprint density at radius 1 is 1.27 bits per heavy atom. The average molecular weight is 322 g/mol. The van der Waals surface area contributed by atoms with Crippen LogP contribution in [-0.2, 0) is 4.79 Å². The summed E-state index contributed by atoms with van der Waals surface area (Å²) in [7, 11) is 0. The minimum absolute atomic E-state index is 0.0155. The predicted octanol–water partition coefficient (Wildman–Crippen LogP) is 1.40. The second kappa shape index (κ2) is 7.96. The van der Waals surface area contributed by atoms with Crippen molar-refractivity contribution in [1.29, 1.82) is 0 Å². The van der Waals surface area contributed by atoms with Crippen LogP contribution in [0, 0.1) is 0 Å². The SMILES string of the molecule is C=CCNC(=O)CN1CCN(C(=O)c2cccc(Cl)c2)CC1. The molecular formula is C16H20ClN3O2. The Balaban J connectivity index is 1.83. The molecule has 0 spiro atoms. The van der Waals surface area contributed by atoms with E-state index in [1.54, 1.807) is 35.2 Å². The van der Waals surface area contributed by atoms with Gasteiger partial charge in [0.2, 0.25) is 5.91 Å². The van der Waals surface area contributed by atoms with Crippen molar-refractivity contribution in [3.05, 3.63) is 47.5 Å². The van der Waals surface area contributed by atoms with Crippen LogP contribution in [0.2, 0.25) is 5.02 Å². The molecule has 1 aromatic carbocycles. The van der Waals surface area contributed by atoms with Crippen molar-refractivity contribution in [2.45, 2.75) is 0 Å². The van der Waals surface area contributed by atoms with Crippen LogP contribution in [0.4, 0.5) is 0 Å². The van der Waals surface area contributed by atoms with Gasteiger partial charge in [-0.15, -0.1) is 6.58 Å². The van der Waals surface area contributed by atoms with E-state index in [0.29, 0.717) is 49.9 Å². The van der Waals surface area contributed by atoms with Crippen LogP contribution >= 0.6 is 11.6 Å². The van der Waals surface area contributed by atoms with Crippen LogP contribution in [0.5, 0.6) is 0 Å². The number of carbonyl (C=O) groups is 2. The summed E-state index contributed by atoms with van der Waals surface area (Å²) < 4.78 is 0. The van der Waals surface area contributed by atoms with Gasteiger partial charge >= 0.3 is 0 Å². The molecular weight excluding hydrogens is 302 g/mol. The highest BCUT2D eigenvalue weighted by atomic mass is 35.5. The zero-order chi connectivity index (χ0) is 15.9. The number of benzene rings is 1. The summed E-state index contributed by atoms with van der Waals surface area (Å²) in [6.07, 6.45) is 1.65. The second-order valence-electron chi connectivity index (χ2n) is 5.17. The number of amides is 2. The summed E-state index contributed by atoms with van der Waals surface area (Å²) in [6.45, 7) is 6.99. The van der Waals surface area contributed by atoms with Gasteiger partial charge in [-0.2, -0.15) is 0 Å². The molecule has 2 amide bonds. The molecule has 22 heavy (non-hydrogen) atoms. The third-order valence-corrected chi connectivity index (χ3v) is 3.78. The first-order valence-corrected chi connectivity index (χ1v) is 7.62. The van der Waals surface area contributed by atoms with Crippen LogP contribution in [0.1, 0.15) is 10.4 Å². The smallest absolute Gasteiger partial charge is 0.253 e. The van der Waals surface area contributed by atoms with Crippen molar-refractivity contribution in [3.63, 3.8) is 0 Å². The van der Waals surface area contributed by atoms with E-state index in [1.807, 2.05) is 4.90 Å². The van der Waals surface area contributed by atoms with Crippen molar-refractivity contribution in [2.75, 3.05) is 39.3 Å². The molecule has 1 saturated heterocycles. The van der Waals surface area contributed by atoms with Gasteiger partial charge in [0, 0.05) is 43.3 Å². The Morgan fingerprint density at radius 3 is 2.64 bits per heavy atom. The molecule has 1 aliphatic rings. The van der Waals surface area contributed by atoms with Crippen LogP contribution in [0.3, 0.4) is 0 Å². The topological polar surface area (TPSA) is 52.7 Å². The predicted molar refractivity (Wildman–Crippen MR) is 87.0 cm³/mol. The van der Waals surface area contributed by atoms with Gasteiger partial charge in [0.25, 0.3) is 5.91 Å². The Labute approximate surface area is 135 Å². The molecule has 0 atom stereocenters. The Kier molecular flexibility index (Phi) is 5.98. The molecule has 118 valence electrons. The number of halogens is 1. The second-order valence-corrected chi connectivity index (χ2v) is 5.61. The van der Waals surface area contributed by atoms with Crippen molar-refractivity contribution >= 4 is 23.4 Å². The van der Waals surface area contributed by atoms with Gasteiger partial charge < -0.3 is 10.2 Å². The molecule has 6 heteroatoms. The number of hydrogen-bond acceptors (Lipinski definition) is 3. The highest BCUT2D eigenvalue weighted by molar-refractivity contribution is 6.30. The van der Waals surface area contributed by atoms with E-state index in [9.17, 15) is 9.59 Å². The lowest BCUT2D eigenvalue weighted by Gasteiger charge is -2.34. The highest BCUT2D eigenvalue weighted by Gasteiger charge is 2.23. The van der Waals surface area contributed by atoms with Crippen LogP contribution in [0.25, 0.3) is 0 Å². The molecule has 0 aromatic heterocycles. The van der Waals surface area contributed by atoms with Crippen molar-refractivity contribution in [3.8, 4) is 0 Å². The van der Waals surface area contributed by atoms with Crippen LogP contribution in [-0.4, -0.2) is 60.9 Å². The van der Waals surface area contributed by atoms with Crippen LogP contribution in [0.15, 0.2) is 36.9 Å². The van der Waals surface area contributed by atoms with Gasteiger partial charge in [-0.3, -0.25) is 14.5 Å². The molecule has 0 bridgehead atoms. The van der Waals surface area contributed by atoms with Crippen molar-refractivity contribution in [1.82, 2.24) is 15.1 Å². The number of nitrogens with zero attached hydrogens (tertiary/aromatic N) is 2. The molecule has 1 heterocycles. The van der Waals surface area contributed by atoms with Gasteiger partial charge in [0.1, 0.15) is 0 Å². The molecule has 1 aliphatic heterocycles. The molecule has 1 fully saturated rings. The summed E-state index contributed by atoms with van der Waals surface area (Å²) in [5.74, 6) is -0.0345.